The number of rotatable bonds is 2. The van der Waals surface area contributed by atoms with Gasteiger partial charge in [0.15, 0.2) is 11.5 Å². The summed E-state index contributed by atoms with van der Waals surface area (Å²) in [6.07, 6.45) is 1.89. The molecule has 1 aliphatic carbocycles. The van der Waals surface area contributed by atoms with Crippen LogP contribution in [0.3, 0.4) is 0 Å². The molecule has 0 bridgehead atoms. The van der Waals surface area contributed by atoms with Gasteiger partial charge in [0.25, 0.3) is 0 Å². The second-order valence-corrected chi connectivity index (χ2v) is 4.51. The van der Waals surface area contributed by atoms with Crippen LogP contribution in [0, 0.1) is 6.92 Å². The molecule has 1 saturated carbocycles. The standard InChI is InChI=1S/C13H16O3/c1-6(2)9-7(3)11(14)13(16)10(12(9)15)8-4-5-8/h8,14-16H,1,4-5H2,2-3H3. The van der Waals surface area contributed by atoms with Crippen molar-refractivity contribution in [2.24, 2.45) is 0 Å². The van der Waals surface area contributed by atoms with Crippen molar-refractivity contribution in [2.45, 2.75) is 32.6 Å². The lowest BCUT2D eigenvalue weighted by molar-refractivity contribution is 0.386. The van der Waals surface area contributed by atoms with Gasteiger partial charge in [-0.25, -0.2) is 0 Å². The molecule has 86 valence electrons. The predicted octanol–water partition coefficient (Wildman–Crippen LogP) is 3.02. The first-order valence-corrected chi connectivity index (χ1v) is 5.38. The van der Waals surface area contributed by atoms with Gasteiger partial charge >= 0.3 is 0 Å². The second kappa shape index (κ2) is 3.44. The molecule has 1 fully saturated rings. The lowest BCUT2D eigenvalue weighted by Gasteiger charge is -2.16. The molecule has 0 unspecified atom stereocenters. The highest BCUT2D eigenvalue weighted by Crippen LogP contribution is 2.54. The summed E-state index contributed by atoms with van der Waals surface area (Å²) in [6.45, 7) is 7.22. The van der Waals surface area contributed by atoms with Crippen LogP contribution < -0.4 is 0 Å². The summed E-state index contributed by atoms with van der Waals surface area (Å²) in [5, 5.41) is 29.8. The number of allylic oxidation sites excluding steroid dienone is 1. The van der Waals surface area contributed by atoms with Crippen molar-refractivity contribution >= 4 is 5.57 Å². The van der Waals surface area contributed by atoms with Crippen molar-refractivity contribution < 1.29 is 15.3 Å². The first-order chi connectivity index (χ1) is 7.45. The summed E-state index contributed by atoms with van der Waals surface area (Å²) in [4.78, 5) is 0. The largest absolute Gasteiger partial charge is 0.507 e. The summed E-state index contributed by atoms with van der Waals surface area (Å²) >= 11 is 0. The highest BCUT2D eigenvalue weighted by molar-refractivity contribution is 5.77. The van der Waals surface area contributed by atoms with E-state index in [0.717, 1.165) is 12.8 Å². The van der Waals surface area contributed by atoms with E-state index >= 15 is 0 Å². The third-order valence-corrected chi connectivity index (χ3v) is 3.11. The van der Waals surface area contributed by atoms with Gasteiger partial charge in [0.05, 0.1) is 0 Å². The predicted molar refractivity (Wildman–Crippen MR) is 62.9 cm³/mol. The Morgan fingerprint density at radius 2 is 1.69 bits per heavy atom. The Labute approximate surface area is 94.7 Å². The minimum Gasteiger partial charge on any atom is -0.507 e. The Hall–Kier alpha value is -1.64. The Balaban J connectivity index is 2.75. The van der Waals surface area contributed by atoms with E-state index in [0.29, 0.717) is 22.3 Å². The zero-order valence-electron chi connectivity index (χ0n) is 9.54. The molecule has 0 aliphatic heterocycles. The maximum atomic E-state index is 10.1. The van der Waals surface area contributed by atoms with E-state index in [1.54, 1.807) is 13.8 Å². The van der Waals surface area contributed by atoms with E-state index in [9.17, 15) is 15.3 Å². The van der Waals surface area contributed by atoms with Crippen LogP contribution >= 0.6 is 0 Å². The highest BCUT2D eigenvalue weighted by Gasteiger charge is 2.33. The summed E-state index contributed by atoms with van der Waals surface area (Å²) in [5.41, 5.74) is 2.19. The monoisotopic (exact) mass is 220 g/mol. The van der Waals surface area contributed by atoms with Crippen LogP contribution in [0.1, 0.15) is 42.4 Å². The van der Waals surface area contributed by atoms with Gasteiger partial charge in [-0.05, 0) is 38.2 Å². The van der Waals surface area contributed by atoms with Gasteiger partial charge in [-0.3, -0.25) is 0 Å². The molecule has 0 radical (unpaired) electrons. The van der Waals surface area contributed by atoms with Gasteiger partial charge < -0.3 is 15.3 Å². The number of hydrogen-bond donors (Lipinski definition) is 3. The summed E-state index contributed by atoms with van der Waals surface area (Å²) < 4.78 is 0. The molecular formula is C13H16O3. The minimum atomic E-state index is -0.178. The number of phenolic OH excluding ortho intramolecular Hbond substituents is 3. The molecule has 0 amide bonds. The molecule has 0 atom stereocenters. The van der Waals surface area contributed by atoms with E-state index in [2.05, 4.69) is 6.58 Å². The molecule has 1 aliphatic rings. The Morgan fingerprint density at radius 1 is 1.12 bits per heavy atom. The Bertz CT molecular complexity index is 471. The van der Waals surface area contributed by atoms with Crippen molar-refractivity contribution in [1.82, 2.24) is 0 Å². The van der Waals surface area contributed by atoms with E-state index in [1.165, 1.54) is 0 Å². The zero-order valence-corrected chi connectivity index (χ0v) is 9.54. The van der Waals surface area contributed by atoms with Crippen LogP contribution in [0.25, 0.3) is 5.57 Å². The lowest BCUT2D eigenvalue weighted by Crippen LogP contribution is -1.94. The van der Waals surface area contributed by atoms with Crippen LogP contribution in [-0.2, 0) is 0 Å². The number of aromatic hydroxyl groups is 3. The number of hydrogen-bond acceptors (Lipinski definition) is 3. The normalized spacial score (nSPS) is 15.1. The molecule has 3 N–H and O–H groups in total. The molecular weight excluding hydrogens is 204 g/mol. The first-order valence-electron chi connectivity index (χ1n) is 5.38. The van der Waals surface area contributed by atoms with Crippen LogP contribution in [0.15, 0.2) is 6.58 Å². The summed E-state index contributed by atoms with van der Waals surface area (Å²) in [7, 11) is 0. The van der Waals surface area contributed by atoms with E-state index in [-0.39, 0.29) is 23.2 Å². The number of phenols is 3. The van der Waals surface area contributed by atoms with Crippen LogP contribution in [0.2, 0.25) is 0 Å². The fraction of sp³-hybridized carbons (Fsp3) is 0.385. The molecule has 0 heterocycles. The average Bonchev–Trinajstić information content (AvgIpc) is 2.98. The van der Waals surface area contributed by atoms with Crippen molar-refractivity contribution in [3.05, 3.63) is 23.3 Å². The third kappa shape index (κ3) is 1.43. The molecule has 2 rings (SSSR count). The van der Waals surface area contributed by atoms with Crippen molar-refractivity contribution in [1.29, 1.82) is 0 Å². The SMILES string of the molecule is C=C(C)c1c(C)c(O)c(O)c(C2CC2)c1O. The maximum Gasteiger partial charge on any atom is 0.165 e. The molecule has 1 aromatic carbocycles. The van der Waals surface area contributed by atoms with Crippen molar-refractivity contribution in [3.63, 3.8) is 0 Å². The Kier molecular flexibility index (Phi) is 2.34. The third-order valence-electron chi connectivity index (χ3n) is 3.11. The smallest absolute Gasteiger partial charge is 0.165 e. The van der Waals surface area contributed by atoms with Gasteiger partial charge in [-0.1, -0.05) is 6.58 Å². The quantitative estimate of drug-likeness (QED) is 0.530. The minimum absolute atomic E-state index is 0.0720. The lowest BCUT2D eigenvalue weighted by atomic mass is 9.94. The number of benzene rings is 1. The molecule has 3 nitrogen and oxygen atoms in total. The van der Waals surface area contributed by atoms with Gasteiger partial charge in [-0.2, -0.15) is 0 Å². The fourth-order valence-corrected chi connectivity index (χ4v) is 2.13. The van der Waals surface area contributed by atoms with Crippen LogP contribution in [0.4, 0.5) is 0 Å². The van der Waals surface area contributed by atoms with Crippen molar-refractivity contribution in [3.8, 4) is 17.2 Å². The van der Waals surface area contributed by atoms with E-state index in [4.69, 9.17) is 0 Å². The summed E-state index contributed by atoms with van der Waals surface area (Å²) in [6, 6.07) is 0. The summed E-state index contributed by atoms with van der Waals surface area (Å²) in [5.74, 6) is -0.0763. The molecule has 1 aromatic rings. The molecule has 16 heavy (non-hydrogen) atoms. The van der Waals surface area contributed by atoms with E-state index < -0.39 is 0 Å². The molecule has 3 heteroatoms. The fourth-order valence-electron chi connectivity index (χ4n) is 2.13. The first kappa shape index (κ1) is 10.9. The molecule has 0 saturated heterocycles. The van der Waals surface area contributed by atoms with Gasteiger partial charge in [0.1, 0.15) is 5.75 Å². The highest BCUT2D eigenvalue weighted by atomic mass is 16.3. The van der Waals surface area contributed by atoms with Gasteiger partial charge in [0, 0.05) is 16.7 Å². The zero-order chi connectivity index (χ0) is 12.0. The van der Waals surface area contributed by atoms with E-state index in [1.807, 2.05) is 0 Å². The average molecular weight is 220 g/mol. The van der Waals surface area contributed by atoms with Gasteiger partial charge in [0.2, 0.25) is 0 Å². The van der Waals surface area contributed by atoms with Gasteiger partial charge in [-0.15, -0.1) is 0 Å². The van der Waals surface area contributed by atoms with Crippen LogP contribution in [0.5, 0.6) is 17.2 Å². The van der Waals surface area contributed by atoms with Crippen LogP contribution in [-0.4, -0.2) is 15.3 Å². The molecule has 0 spiro atoms. The second-order valence-electron chi connectivity index (χ2n) is 4.51. The van der Waals surface area contributed by atoms with Crippen molar-refractivity contribution in [2.75, 3.05) is 0 Å². The topological polar surface area (TPSA) is 60.7 Å². The maximum absolute atomic E-state index is 10.1. The molecule has 0 aromatic heterocycles. The Morgan fingerprint density at radius 3 is 2.12 bits per heavy atom.